The van der Waals surface area contributed by atoms with Gasteiger partial charge < -0.3 is 10.2 Å². The number of allylic oxidation sites excluding steroid dienone is 1. The topological polar surface area (TPSA) is 74.6 Å². The molecular formula is C14H15FO4. The molecule has 0 spiro atoms. The summed E-state index contributed by atoms with van der Waals surface area (Å²) in [6.07, 6.45) is 3.68. The van der Waals surface area contributed by atoms with E-state index in [1.54, 1.807) is 32.1 Å². The molecule has 1 rings (SSSR count). The molecule has 102 valence electrons. The number of aliphatic carboxylic acids is 2. The molecule has 0 atom stereocenters. The van der Waals surface area contributed by atoms with Crippen LogP contribution in [0, 0.1) is 5.82 Å². The highest BCUT2D eigenvalue weighted by Gasteiger charge is 1.95. The van der Waals surface area contributed by atoms with E-state index in [4.69, 9.17) is 10.2 Å². The van der Waals surface area contributed by atoms with Crippen molar-refractivity contribution in [3.05, 3.63) is 53.4 Å². The third kappa shape index (κ3) is 7.49. The summed E-state index contributed by atoms with van der Waals surface area (Å²) in [5.74, 6) is -2.35. The van der Waals surface area contributed by atoms with Gasteiger partial charge >= 0.3 is 11.9 Å². The van der Waals surface area contributed by atoms with Crippen LogP contribution in [0.5, 0.6) is 0 Å². The van der Waals surface area contributed by atoms with Crippen LogP contribution >= 0.6 is 0 Å². The molecule has 0 saturated carbocycles. The molecular weight excluding hydrogens is 251 g/mol. The van der Waals surface area contributed by atoms with Crippen molar-refractivity contribution >= 4 is 18.0 Å². The lowest BCUT2D eigenvalue weighted by molar-refractivity contribution is -0.133. The van der Waals surface area contributed by atoms with E-state index in [1.165, 1.54) is 18.2 Å². The van der Waals surface area contributed by atoms with Crippen LogP contribution in [0.2, 0.25) is 0 Å². The molecule has 0 unspecified atom stereocenters. The lowest BCUT2D eigenvalue weighted by atomic mass is 10.2. The fraction of sp³-hybridized carbons (Fsp3) is 0.143. The van der Waals surface area contributed by atoms with Crippen molar-refractivity contribution < 1.29 is 24.2 Å². The molecule has 5 heteroatoms. The number of hydrogen-bond acceptors (Lipinski definition) is 2. The maximum atomic E-state index is 12.8. The van der Waals surface area contributed by atoms with Gasteiger partial charge in [0.2, 0.25) is 0 Å². The third-order valence-corrected chi connectivity index (χ3v) is 2.08. The Morgan fingerprint density at radius 1 is 1.21 bits per heavy atom. The first-order valence-electron chi connectivity index (χ1n) is 5.40. The van der Waals surface area contributed by atoms with E-state index in [-0.39, 0.29) is 5.56 Å². The quantitative estimate of drug-likeness (QED) is 0.825. The van der Waals surface area contributed by atoms with E-state index in [2.05, 4.69) is 0 Å². The largest absolute Gasteiger partial charge is 0.478 e. The molecule has 0 heterocycles. The highest BCUT2D eigenvalue weighted by atomic mass is 19.1. The van der Waals surface area contributed by atoms with Gasteiger partial charge in [-0.15, -0.1) is 0 Å². The van der Waals surface area contributed by atoms with Gasteiger partial charge in [-0.05, 0) is 26.0 Å². The molecule has 19 heavy (non-hydrogen) atoms. The fourth-order valence-electron chi connectivity index (χ4n) is 0.895. The van der Waals surface area contributed by atoms with Crippen LogP contribution in [0.15, 0.2) is 42.0 Å². The first-order chi connectivity index (χ1) is 8.88. The van der Waals surface area contributed by atoms with Gasteiger partial charge in [-0.25, -0.2) is 14.0 Å². The van der Waals surface area contributed by atoms with Gasteiger partial charge in [0.1, 0.15) is 5.82 Å². The van der Waals surface area contributed by atoms with Gasteiger partial charge in [0.15, 0.2) is 0 Å². The number of benzene rings is 1. The van der Waals surface area contributed by atoms with Crippen molar-refractivity contribution in [2.45, 2.75) is 13.8 Å². The average molecular weight is 266 g/mol. The molecule has 0 fully saturated rings. The van der Waals surface area contributed by atoms with Crippen molar-refractivity contribution in [1.82, 2.24) is 0 Å². The summed E-state index contributed by atoms with van der Waals surface area (Å²) in [5, 5.41) is 16.4. The molecule has 4 nitrogen and oxygen atoms in total. The summed E-state index contributed by atoms with van der Waals surface area (Å²) in [6.45, 7) is 3.26. The SMILES string of the molecule is C/C=C(\C)C(=O)O.O=C(O)/C=C/c1ccccc1F. The summed E-state index contributed by atoms with van der Waals surface area (Å²) in [5.41, 5.74) is 0.667. The lowest BCUT2D eigenvalue weighted by Crippen LogP contribution is -1.93. The summed E-state index contributed by atoms with van der Waals surface area (Å²) in [4.78, 5) is 19.9. The van der Waals surface area contributed by atoms with Gasteiger partial charge in [-0.3, -0.25) is 0 Å². The first-order valence-corrected chi connectivity index (χ1v) is 5.40. The van der Waals surface area contributed by atoms with Crippen molar-refractivity contribution in [2.75, 3.05) is 0 Å². The van der Waals surface area contributed by atoms with E-state index in [1.807, 2.05) is 0 Å². The Morgan fingerprint density at radius 3 is 2.16 bits per heavy atom. The Bertz CT molecular complexity index is 504. The second kappa shape index (κ2) is 8.63. The molecule has 0 aliphatic carbocycles. The Balaban J connectivity index is 0.000000399. The van der Waals surface area contributed by atoms with Crippen LogP contribution in [0.3, 0.4) is 0 Å². The minimum atomic E-state index is -1.08. The third-order valence-electron chi connectivity index (χ3n) is 2.08. The van der Waals surface area contributed by atoms with Crippen LogP contribution in [-0.4, -0.2) is 22.2 Å². The number of halogens is 1. The van der Waals surface area contributed by atoms with Crippen molar-refractivity contribution in [2.24, 2.45) is 0 Å². The number of rotatable bonds is 3. The highest BCUT2D eigenvalue weighted by molar-refractivity contribution is 5.85. The van der Waals surface area contributed by atoms with E-state index in [0.29, 0.717) is 5.57 Å². The molecule has 0 saturated heterocycles. The van der Waals surface area contributed by atoms with Gasteiger partial charge in [-0.2, -0.15) is 0 Å². The number of carbonyl (C=O) groups is 2. The van der Waals surface area contributed by atoms with E-state index in [9.17, 15) is 14.0 Å². The smallest absolute Gasteiger partial charge is 0.330 e. The Morgan fingerprint density at radius 2 is 1.79 bits per heavy atom. The van der Waals surface area contributed by atoms with Gasteiger partial charge in [0, 0.05) is 17.2 Å². The predicted octanol–water partition coefficient (Wildman–Crippen LogP) is 2.96. The molecule has 0 bridgehead atoms. The maximum absolute atomic E-state index is 12.8. The molecule has 0 aliphatic heterocycles. The van der Waals surface area contributed by atoms with Crippen molar-refractivity contribution in [3.8, 4) is 0 Å². The summed E-state index contributed by atoms with van der Waals surface area (Å²) in [6, 6.07) is 5.98. The molecule has 1 aromatic rings. The zero-order valence-corrected chi connectivity index (χ0v) is 10.6. The zero-order chi connectivity index (χ0) is 14.8. The summed E-state index contributed by atoms with van der Waals surface area (Å²) >= 11 is 0. The second-order valence-corrected chi connectivity index (χ2v) is 3.47. The Kier molecular flexibility index (Phi) is 7.53. The molecule has 0 amide bonds. The minimum absolute atomic E-state index is 0.278. The van der Waals surface area contributed by atoms with Gasteiger partial charge in [-0.1, -0.05) is 24.3 Å². The van der Waals surface area contributed by atoms with Crippen molar-refractivity contribution in [3.63, 3.8) is 0 Å². The van der Waals surface area contributed by atoms with Gasteiger partial charge in [0.05, 0.1) is 0 Å². The Hall–Kier alpha value is -2.43. The zero-order valence-electron chi connectivity index (χ0n) is 10.6. The van der Waals surface area contributed by atoms with Crippen LogP contribution < -0.4 is 0 Å². The molecule has 1 aromatic carbocycles. The molecule has 2 N–H and O–H groups in total. The highest BCUT2D eigenvalue weighted by Crippen LogP contribution is 2.07. The lowest BCUT2D eigenvalue weighted by Gasteiger charge is -1.92. The number of carboxylic acid groups (broad SMARTS) is 2. The predicted molar refractivity (Wildman–Crippen MR) is 70.1 cm³/mol. The van der Waals surface area contributed by atoms with E-state index < -0.39 is 17.8 Å². The van der Waals surface area contributed by atoms with E-state index in [0.717, 1.165) is 6.08 Å². The molecule has 0 aromatic heterocycles. The summed E-state index contributed by atoms with van der Waals surface area (Å²) in [7, 11) is 0. The first kappa shape index (κ1) is 16.6. The monoisotopic (exact) mass is 266 g/mol. The van der Waals surface area contributed by atoms with Crippen molar-refractivity contribution in [1.29, 1.82) is 0 Å². The standard InChI is InChI=1S/C9H7FO2.C5H8O2/c10-8-4-2-1-3-7(8)5-6-9(11)12;1-3-4(2)5(6)7/h1-6H,(H,11,12);3H,1-2H3,(H,6,7)/b6-5+;4-3+. The number of hydrogen-bond donors (Lipinski definition) is 2. The van der Waals surface area contributed by atoms with Crippen LogP contribution in [0.1, 0.15) is 19.4 Å². The maximum Gasteiger partial charge on any atom is 0.330 e. The minimum Gasteiger partial charge on any atom is -0.478 e. The fourth-order valence-corrected chi connectivity index (χ4v) is 0.895. The summed E-state index contributed by atoms with van der Waals surface area (Å²) < 4.78 is 12.8. The average Bonchev–Trinajstić information content (AvgIpc) is 2.37. The normalized spacial score (nSPS) is 10.8. The second-order valence-electron chi connectivity index (χ2n) is 3.47. The van der Waals surface area contributed by atoms with Crippen LogP contribution in [0.4, 0.5) is 4.39 Å². The van der Waals surface area contributed by atoms with Gasteiger partial charge in [0.25, 0.3) is 0 Å². The molecule has 0 aliphatic rings. The number of carboxylic acids is 2. The van der Waals surface area contributed by atoms with Crippen LogP contribution in [-0.2, 0) is 9.59 Å². The van der Waals surface area contributed by atoms with Crippen LogP contribution in [0.25, 0.3) is 6.08 Å². The van der Waals surface area contributed by atoms with E-state index >= 15 is 0 Å². The molecule has 0 radical (unpaired) electrons. The Labute approximate surface area is 110 Å².